The molecule has 0 saturated carbocycles. The molecule has 0 unspecified atom stereocenters. The van der Waals surface area contributed by atoms with Gasteiger partial charge in [-0.25, -0.2) is 0 Å². The van der Waals surface area contributed by atoms with Gasteiger partial charge in [0.2, 0.25) is 0 Å². The van der Waals surface area contributed by atoms with Gasteiger partial charge in [-0.1, -0.05) is 91.0 Å². The lowest BCUT2D eigenvalue weighted by molar-refractivity contribution is 1.13. The normalized spacial score (nSPS) is 11.9. The number of rotatable bonds is 2. The molecule has 0 saturated heterocycles. The molecule has 2 aromatic heterocycles. The highest BCUT2D eigenvalue weighted by atomic mass is 15.0. The van der Waals surface area contributed by atoms with Gasteiger partial charge in [-0.3, -0.25) is 0 Å². The summed E-state index contributed by atoms with van der Waals surface area (Å²) in [6.07, 6.45) is 2.20. The summed E-state index contributed by atoms with van der Waals surface area (Å²) >= 11 is 0. The van der Waals surface area contributed by atoms with Crippen molar-refractivity contribution in [2.75, 3.05) is 0 Å². The largest absolute Gasteiger partial charge is 0.317 e. The molecule has 2 heterocycles. The lowest BCUT2D eigenvalue weighted by atomic mass is 10.0. The summed E-state index contributed by atoms with van der Waals surface area (Å²) in [5.41, 5.74) is 6.10. The highest BCUT2D eigenvalue weighted by Gasteiger charge is 2.18. The summed E-state index contributed by atoms with van der Waals surface area (Å²) in [6, 6.07) is 46.0. The van der Waals surface area contributed by atoms with Crippen LogP contribution in [-0.4, -0.2) is 9.13 Å². The van der Waals surface area contributed by atoms with E-state index in [2.05, 4.69) is 143 Å². The molecule has 0 bridgehead atoms. The quantitative estimate of drug-likeness (QED) is 0.244. The first-order valence-corrected chi connectivity index (χ1v) is 12.4. The number of hydrogen-bond acceptors (Lipinski definition) is 0. The van der Waals surface area contributed by atoms with Crippen LogP contribution in [-0.2, 0) is 0 Å². The van der Waals surface area contributed by atoms with Crippen LogP contribution in [0.4, 0.5) is 0 Å². The number of benzene rings is 6. The Morgan fingerprint density at radius 3 is 2.08 bits per heavy atom. The van der Waals surface area contributed by atoms with Gasteiger partial charge in [0.25, 0.3) is 0 Å². The van der Waals surface area contributed by atoms with Crippen molar-refractivity contribution < 1.29 is 0 Å². The number of aromatic nitrogens is 2. The fourth-order valence-electron chi connectivity index (χ4n) is 5.96. The monoisotopic (exact) mass is 458 g/mol. The van der Waals surface area contributed by atoms with Crippen molar-refractivity contribution in [3.63, 3.8) is 0 Å². The maximum absolute atomic E-state index is 2.48. The van der Waals surface area contributed by atoms with Crippen LogP contribution in [0.25, 0.3) is 65.6 Å². The third-order valence-electron chi connectivity index (χ3n) is 7.53. The molecule has 0 aliphatic rings. The molecule has 0 aliphatic carbocycles. The van der Waals surface area contributed by atoms with Gasteiger partial charge < -0.3 is 9.13 Å². The average molecular weight is 459 g/mol. The van der Waals surface area contributed by atoms with E-state index in [1.54, 1.807) is 0 Å². The van der Waals surface area contributed by atoms with E-state index < -0.39 is 0 Å². The van der Waals surface area contributed by atoms with Gasteiger partial charge in [-0.2, -0.15) is 0 Å². The van der Waals surface area contributed by atoms with E-state index in [9.17, 15) is 0 Å². The molecule has 0 fully saturated rings. The zero-order chi connectivity index (χ0) is 23.6. The zero-order valence-electron chi connectivity index (χ0n) is 19.6. The Kier molecular flexibility index (Phi) is 3.97. The SMILES string of the molecule is c1ccc(-n2ccc3c4c(ccc5c6ccccc6n(-c6cccc7ccccc67)c54)ccc32)cc1. The molecule has 0 aliphatic heterocycles. The molecule has 0 spiro atoms. The summed E-state index contributed by atoms with van der Waals surface area (Å²) in [5, 5.41) is 8.89. The fraction of sp³-hybridized carbons (Fsp3) is 0. The summed E-state index contributed by atoms with van der Waals surface area (Å²) in [7, 11) is 0. The van der Waals surface area contributed by atoms with E-state index >= 15 is 0 Å². The van der Waals surface area contributed by atoms with Crippen LogP contribution in [0.1, 0.15) is 0 Å². The van der Waals surface area contributed by atoms with Gasteiger partial charge in [0, 0.05) is 38.8 Å². The van der Waals surface area contributed by atoms with Crippen LogP contribution in [0.15, 0.2) is 134 Å². The second-order valence-electron chi connectivity index (χ2n) is 9.43. The number of hydrogen-bond donors (Lipinski definition) is 0. The van der Waals surface area contributed by atoms with Gasteiger partial charge in [0.05, 0.1) is 22.2 Å². The minimum atomic E-state index is 1.17. The average Bonchev–Trinajstić information content (AvgIpc) is 3.53. The molecule has 0 atom stereocenters. The lowest BCUT2D eigenvalue weighted by Crippen LogP contribution is -1.96. The summed E-state index contributed by atoms with van der Waals surface area (Å²) in [6.45, 7) is 0. The van der Waals surface area contributed by atoms with Crippen molar-refractivity contribution >= 4 is 54.3 Å². The molecule has 8 aromatic rings. The topological polar surface area (TPSA) is 9.86 Å². The molecule has 6 aromatic carbocycles. The van der Waals surface area contributed by atoms with Gasteiger partial charge in [-0.15, -0.1) is 0 Å². The highest BCUT2D eigenvalue weighted by molar-refractivity contribution is 6.25. The van der Waals surface area contributed by atoms with Crippen LogP contribution in [0.5, 0.6) is 0 Å². The van der Waals surface area contributed by atoms with Crippen LogP contribution in [0, 0.1) is 0 Å². The minimum absolute atomic E-state index is 1.17. The second-order valence-corrected chi connectivity index (χ2v) is 9.43. The molecule has 0 amide bonds. The van der Waals surface area contributed by atoms with Gasteiger partial charge >= 0.3 is 0 Å². The summed E-state index contributed by atoms with van der Waals surface area (Å²) in [4.78, 5) is 0. The third-order valence-corrected chi connectivity index (χ3v) is 7.53. The van der Waals surface area contributed by atoms with Crippen LogP contribution < -0.4 is 0 Å². The first-order valence-electron chi connectivity index (χ1n) is 12.4. The molecule has 168 valence electrons. The van der Waals surface area contributed by atoms with E-state index in [-0.39, 0.29) is 0 Å². The van der Waals surface area contributed by atoms with Crippen molar-refractivity contribution in [3.05, 3.63) is 134 Å². The van der Waals surface area contributed by atoms with E-state index in [4.69, 9.17) is 0 Å². The second kappa shape index (κ2) is 7.34. The van der Waals surface area contributed by atoms with E-state index in [0.717, 1.165) is 0 Å². The molecule has 36 heavy (non-hydrogen) atoms. The Balaban J connectivity index is 1.60. The minimum Gasteiger partial charge on any atom is -0.317 e. The molecular weight excluding hydrogens is 436 g/mol. The van der Waals surface area contributed by atoms with Crippen LogP contribution in [0.2, 0.25) is 0 Å². The van der Waals surface area contributed by atoms with Crippen molar-refractivity contribution in [2.24, 2.45) is 0 Å². The third kappa shape index (κ3) is 2.61. The first-order chi connectivity index (χ1) is 17.9. The highest BCUT2D eigenvalue weighted by Crippen LogP contribution is 2.41. The molecule has 2 nitrogen and oxygen atoms in total. The predicted octanol–water partition coefficient (Wildman–Crippen LogP) is 9.03. The Bertz CT molecular complexity index is 2090. The van der Waals surface area contributed by atoms with Crippen LogP contribution >= 0.6 is 0 Å². The van der Waals surface area contributed by atoms with Gasteiger partial charge in [-0.05, 0) is 47.2 Å². The zero-order valence-corrected chi connectivity index (χ0v) is 19.6. The Labute approximate surface area is 208 Å². The lowest BCUT2D eigenvalue weighted by Gasteiger charge is -2.14. The van der Waals surface area contributed by atoms with Crippen molar-refractivity contribution in [2.45, 2.75) is 0 Å². The molecule has 0 radical (unpaired) electrons. The maximum atomic E-state index is 2.48. The molecular formula is C34H22N2. The number of nitrogens with zero attached hydrogens (tertiary/aromatic N) is 2. The Morgan fingerprint density at radius 1 is 0.417 bits per heavy atom. The number of fused-ring (bicyclic) bond motifs is 8. The van der Waals surface area contributed by atoms with Crippen LogP contribution in [0.3, 0.4) is 0 Å². The standard InChI is InChI=1S/C34H22N2/c1-2-11-25(12-3-1)35-22-21-29-30(35)20-18-24-17-19-28-27-14-6-7-15-32(27)36(34(28)33(24)29)31-16-8-10-23-9-4-5-13-26(23)31/h1-22H. The summed E-state index contributed by atoms with van der Waals surface area (Å²) < 4.78 is 4.77. The first kappa shape index (κ1) is 19.5. The van der Waals surface area contributed by atoms with Crippen molar-refractivity contribution in [3.8, 4) is 11.4 Å². The van der Waals surface area contributed by atoms with E-state index in [0.29, 0.717) is 0 Å². The van der Waals surface area contributed by atoms with Crippen molar-refractivity contribution in [1.29, 1.82) is 0 Å². The predicted molar refractivity (Wildman–Crippen MR) is 153 cm³/mol. The smallest absolute Gasteiger partial charge is 0.0626 e. The van der Waals surface area contributed by atoms with E-state index in [1.807, 2.05) is 0 Å². The molecule has 8 rings (SSSR count). The Morgan fingerprint density at radius 2 is 1.17 bits per heavy atom. The van der Waals surface area contributed by atoms with Gasteiger partial charge in [0.1, 0.15) is 0 Å². The summed E-state index contributed by atoms with van der Waals surface area (Å²) in [5.74, 6) is 0. The van der Waals surface area contributed by atoms with E-state index in [1.165, 1.54) is 65.6 Å². The maximum Gasteiger partial charge on any atom is 0.0626 e. The van der Waals surface area contributed by atoms with Gasteiger partial charge in [0.15, 0.2) is 0 Å². The Hall–Kier alpha value is -4.82. The number of para-hydroxylation sites is 2. The fourth-order valence-corrected chi connectivity index (χ4v) is 5.96. The molecule has 2 heteroatoms. The van der Waals surface area contributed by atoms with Crippen molar-refractivity contribution in [1.82, 2.24) is 9.13 Å². The molecule has 0 N–H and O–H groups in total.